The van der Waals surface area contributed by atoms with Gasteiger partial charge in [0.2, 0.25) is 0 Å². The summed E-state index contributed by atoms with van der Waals surface area (Å²) in [6, 6.07) is 0. The monoisotopic (exact) mass is 802 g/mol. The van der Waals surface area contributed by atoms with E-state index in [1.54, 1.807) is 0 Å². The first kappa shape index (κ1) is 51.3. The molecule has 0 spiro atoms. The van der Waals surface area contributed by atoms with Crippen LogP contribution in [0.2, 0.25) is 0 Å². The number of rotatable bonds is 38. The van der Waals surface area contributed by atoms with Crippen LogP contribution in [0.3, 0.4) is 0 Å². The van der Waals surface area contributed by atoms with Crippen molar-refractivity contribution in [2.45, 2.75) is 161 Å². The van der Waals surface area contributed by atoms with Crippen LogP contribution in [0.1, 0.15) is 155 Å². The van der Waals surface area contributed by atoms with Gasteiger partial charge in [-0.25, -0.2) is 4.57 Å². The topological polar surface area (TPSA) is 143 Å². The second-order valence-corrected chi connectivity index (χ2v) is 19.8. The summed E-state index contributed by atoms with van der Waals surface area (Å²) in [4.78, 5) is 35.2. The molecule has 0 aliphatic heterocycles. The number of phosphoric ester groups is 1. The molecule has 0 aliphatic rings. The van der Waals surface area contributed by atoms with Gasteiger partial charge in [-0.05, 0) is 38.5 Å². The van der Waals surface area contributed by atoms with E-state index in [1.165, 1.54) is 38.5 Å². The SMILES string of the molecule is CCCCCCCS(=O)CCCCCCCC(=O)OC[C@@H](COP(=O)(O)OCC[N+](C)(C)C)OC(=O)CCCCCCCS(=O)CCCCCCC. The average molecular weight is 803 g/mol. The Morgan fingerprint density at radius 2 is 1.00 bits per heavy atom. The molecule has 0 rings (SSSR count). The number of nitrogens with zero attached hydrogens (tertiary/aromatic N) is 1. The Bertz CT molecular complexity index is 995. The van der Waals surface area contributed by atoms with E-state index in [9.17, 15) is 27.5 Å². The lowest BCUT2D eigenvalue weighted by Gasteiger charge is -2.24. The summed E-state index contributed by atoms with van der Waals surface area (Å²) in [5, 5.41) is 0. The molecule has 4 atom stereocenters. The van der Waals surface area contributed by atoms with Crippen LogP contribution < -0.4 is 0 Å². The molecule has 0 radical (unpaired) electrons. The number of unbranched alkanes of at least 4 members (excludes halogenated alkanes) is 16. The van der Waals surface area contributed by atoms with Gasteiger partial charge in [0.05, 0.1) is 27.7 Å². The highest BCUT2D eigenvalue weighted by molar-refractivity contribution is 7.85. The van der Waals surface area contributed by atoms with Crippen LogP contribution in [0.4, 0.5) is 0 Å². The smallest absolute Gasteiger partial charge is 0.462 e. The van der Waals surface area contributed by atoms with E-state index in [1.807, 2.05) is 21.1 Å². The lowest BCUT2D eigenvalue weighted by atomic mass is 10.1. The quantitative estimate of drug-likeness (QED) is 0.0280. The van der Waals surface area contributed by atoms with Crippen LogP contribution >= 0.6 is 7.82 Å². The van der Waals surface area contributed by atoms with E-state index in [0.29, 0.717) is 23.9 Å². The van der Waals surface area contributed by atoms with Gasteiger partial charge in [-0.3, -0.25) is 27.1 Å². The number of hydrogen-bond donors (Lipinski definition) is 1. The summed E-state index contributed by atoms with van der Waals surface area (Å²) in [7, 11) is -0.124. The standard InChI is InChI=1S/C38H76NO10PS2/c1-6-8-10-16-22-30-51(44)32-24-18-12-14-20-26-37(40)46-34-36(35-48-50(42,43)47-29-28-39(3,4)5)49-38(41)27-21-15-13-19-25-33-52(45)31-23-17-11-9-7-2/h36H,6-35H2,1-5H3/p+1/t36-,51?,52?/m0/s1. The fourth-order valence-corrected chi connectivity index (χ4v) is 8.58. The van der Waals surface area contributed by atoms with Crippen molar-refractivity contribution in [2.75, 3.05) is 70.5 Å². The number of ether oxygens (including phenoxy) is 2. The summed E-state index contributed by atoms with van der Waals surface area (Å²) in [6.45, 7) is 4.12. The molecule has 0 bridgehead atoms. The maximum atomic E-state index is 12.6. The molecular weight excluding hydrogens is 726 g/mol. The summed E-state index contributed by atoms with van der Waals surface area (Å²) in [6.07, 6.45) is 19.7. The zero-order chi connectivity index (χ0) is 38.9. The Morgan fingerprint density at radius 1 is 0.596 bits per heavy atom. The molecule has 11 nitrogen and oxygen atoms in total. The lowest BCUT2D eigenvalue weighted by Crippen LogP contribution is -2.37. The van der Waals surface area contributed by atoms with Crippen molar-refractivity contribution in [2.24, 2.45) is 0 Å². The fraction of sp³-hybridized carbons (Fsp3) is 0.947. The van der Waals surface area contributed by atoms with Crippen molar-refractivity contribution < 1.29 is 50.5 Å². The Balaban J connectivity index is 4.49. The molecule has 310 valence electrons. The highest BCUT2D eigenvalue weighted by Gasteiger charge is 2.27. The van der Waals surface area contributed by atoms with E-state index >= 15 is 0 Å². The van der Waals surface area contributed by atoms with Crippen LogP contribution in [-0.2, 0) is 54.3 Å². The minimum atomic E-state index is -4.41. The maximum absolute atomic E-state index is 12.6. The molecule has 0 aromatic rings. The van der Waals surface area contributed by atoms with Crippen molar-refractivity contribution in [3.05, 3.63) is 0 Å². The normalized spacial score (nSPS) is 14.8. The lowest BCUT2D eigenvalue weighted by molar-refractivity contribution is -0.870. The van der Waals surface area contributed by atoms with Gasteiger partial charge in [-0.15, -0.1) is 0 Å². The third-order valence-electron chi connectivity index (χ3n) is 8.63. The summed E-state index contributed by atoms with van der Waals surface area (Å²) < 4.78 is 58.4. The highest BCUT2D eigenvalue weighted by Crippen LogP contribution is 2.43. The minimum Gasteiger partial charge on any atom is -0.462 e. The molecule has 0 amide bonds. The summed E-state index contributed by atoms with van der Waals surface area (Å²) >= 11 is 0. The van der Waals surface area contributed by atoms with E-state index in [4.69, 9.17) is 18.5 Å². The molecule has 1 N–H and O–H groups in total. The number of quaternary nitrogens is 1. The van der Waals surface area contributed by atoms with E-state index < -0.39 is 54.1 Å². The van der Waals surface area contributed by atoms with Gasteiger partial charge in [0.15, 0.2) is 6.10 Å². The van der Waals surface area contributed by atoms with Crippen molar-refractivity contribution in [3.8, 4) is 0 Å². The van der Waals surface area contributed by atoms with Gasteiger partial charge in [-0.1, -0.05) is 104 Å². The van der Waals surface area contributed by atoms with Crippen molar-refractivity contribution >= 4 is 41.4 Å². The first-order valence-corrected chi connectivity index (χ1v) is 24.7. The Kier molecular flexibility index (Phi) is 33.2. The molecule has 0 aromatic carbocycles. The Hall–Kier alpha value is -0.690. The van der Waals surface area contributed by atoms with Gasteiger partial charge in [0.1, 0.15) is 19.8 Å². The average Bonchev–Trinajstić information content (AvgIpc) is 3.07. The zero-order valence-electron chi connectivity index (χ0n) is 33.6. The number of phosphoric acid groups is 1. The van der Waals surface area contributed by atoms with E-state index in [-0.39, 0.29) is 26.1 Å². The predicted octanol–water partition coefficient (Wildman–Crippen LogP) is 8.40. The molecule has 0 fully saturated rings. The number of hydrogen-bond acceptors (Lipinski definition) is 9. The second kappa shape index (κ2) is 33.6. The van der Waals surface area contributed by atoms with Gasteiger partial charge in [0, 0.05) is 57.5 Å². The van der Waals surface area contributed by atoms with Gasteiger partial charge < -0.3 is 18.9 Å². The first-order valence-electron chi connectivity index (χ1n) is 20.2. The van der Waals surface area contributed by atoms with E-state index in [0.717, 1.165) is 100 Å². The number of carbonyl (C=O) groups excluding carboxylic acids is 2. The van der Waals surface area contributed by atoms with Crippen LogP contribution in [0.15, 0.2) is 0 Å². The molecule has 14 heteroatoms. The van der Waals surface area contributed by atoms with Gasteiger partial charge in [-0.2, -0.15) is 0 Å². The van der Waals surface area contributed by atoms with Crippen LogP contribution in [-0.4, -0.2) is 106 Å². The predicted molar refractivity (Wildman–Crippen MR) is 214 cm³/mol. The Morgan fingerprint density at radius 3 is 1.44 bits per heavy atom. The number of likely N-dealkylation sites (N-methyl/N-ethyl adjacent to an activating group) is 1. The largest absolute Gasteiger partial charge is 0.472 e. The molecule has 0 saturated heterocycles. The molecule has 3 unspecified atom stereocenters. The molecule has 52 heavy (non-hydrogen) atoms. The van der Waals surface area contributed by atoms with E-state index in [2.05, 4.69) is 13.8 Å². The van der Waals surface area contributed by atoms with Crippen molar-refractivity contribution in [1.82, 2.24) is 0 Å². The van der Waals surface area contributed by atoms with Crippen LogP contribution in [0.25, 0.3) is 0 Å². The second-order valence-electron chi connectivity index (χ2n) is 15.0. The number of esters is 2. The maximum Gasteiger partial charge on any atom is 0.472 e. The molecule has 0 aliphatic carbocycles. The van der Waals surface area contributed by atoms with Crippen molar-refractivity contribution in [1.29, 1.82) is 0 Å². The first-order chi connectivity index (χ1) is 24.8. The minimum absolute atomic E-state index is 0.00264. The summed E-state index contributed by atoms with van der Waals surface area (Å²) in [5.41, 5.74) is 0. The fourth-order valence-electron chi connectivity index (χ4n) is 5.33. The van der Waals surface area contributed by atoms with Gasteiger partial charge in [0.25, 0.3) is 0 Å². The Labute approximate surface area is 322 Å². The molecule has 0 aromatic heterocycles. The molecule has 0 heterocycles. The van der Waals surface area contributed by atoms with Crippen molar-refractivity contribution in [3.63, 3.8) is 0 Å². The van der Waals surface area contributed by atoms with Gasteiger partial charge >= 0.3 is 19.8 Å². The number of carbonyl (C=O) groups is 2. The zero-order valence-corrected chi connectivity index (χ0v) is 36.2. The molecule has 0 saturated carbocycles. The summed E-state index contributed by atoms with van der Waals surface area (Å²) in [5.74, 6) is 2.11. The highest BCUT2D eigenvalue weighted by atomic mass is 32.2. The van der Waals surface area contributed by atoms with Crippen LogP contribution in [0.5, 0.6) is 0 Å². The third-order valence-corrected chi connectivity index (χ3v) is 12.6. The van der Waals surface area contributed by atoms with Crippen LogP contribution in [0, 0.1) is 0 Å². The molecular formula is C38H77NO10PS2+. The third kappa shape index (κ3) is 36.3.